The summed E-state index contributed by atoms with van der Waals surface area (Å²) >= 11 is 1.70. The van der Waals surface area contributed by atoms with Crippen molar-refractivity contribution in [3.05, 3.63) is 40.6 Å². The molecule has 1 atom stereocenters. The first-order valence-corrected chi connectivity index (χ1v) is 8.45. The average Bonchev–Trinajstić information content (AvgIpc) is 3.26. The zero-order chi connectivity index (χ0) is 16.2. The minimum absolute atomic E-state index is 0.0915. The van der Waals surface area contributed by atoms with Gasteiger partial charge in [0.15, 0.2) is 0 Å². The predicted molar refractivity (Wildman–Crippen MR) is 91.8 cm³/mol. The lowest BCUT2D eigenvalue weighted by Gasteiger charge is -2.18. The lowest BCUT2D eigenvalue weighted by atomic mass is 10.0. The zero-order valence-corrected chi connectivity index (χ0v) is 14.1. The summed E-state index contributed by atoms with van der Waals surface area (Å²) in [4.78, 5) is 14.3. The first-order valence-electron chi connectivity index (χ1n) is 7.51. The molecule has 5 nitrogen and oxygen atoms in total. The van der Waals surface area contributed by atoms with Gasteiger partial charge in [-0.15, -0.1) is 0 Å². The molecule has 1 saturated heterocycles. The van der Waals surface area contributed by atoms with Crippen LogP contribution in [-0.2, 0) is 0 Å². The number of nitrogens with zero attached hydrogens (tertiary/aromatic N) is 1. The molecule has 1 aromatic carbocycles. The van der Waals surface area contributed by atoms with Crippen molar-refractivity contribution in [2.45, 2.75) is 12.3 Å². The summed E-state index contributed by atoms with van der Waals surface area (Å²) in [6.45, 7) is 1.52. The molecule has 0 saturated carbocycles. The molecule has 1 aromatic heterocycles. The van der Waals surface area contributed by atoms with E-state index < -0.39 is 0 Å². The number of hydrogen-bond acceptors (Lipinski definition) is 4. The maximum Gasteiger partial charge on any atom is 0.321 e. The molecular weight excluding hydrogens is 312 g/mol. The zero-order valence-electron chi connectivity index (χ0n) is 13.2. The number of urea groups is 1. The van der Waals surface area contributed by atoms with Crippen molar-refractivity contribution in [3.8, 4) is 11.5 Å². The number of rotatable bonds is 4. The van der Waals surface area contributed by atoms with Gasteiger partial charge in [-0.25, -0.2) is 4.79 Å². The van der Waals surface area contributed by atoms with E-state index in [0.29, 0.717) is 23.1 Å². The average molecular weight is 332 g/mol. The maximum atomic E-state index is 12.5. The predicted octanol–water partition coefficient (Wildman–Crippen LogP) is 3.79. The van der Waals surface area contributed by atoms with Crippen molar-refractivity contribution in [2.75, 3.05) is 32.6 Å². The fraction of sp³-hybridized carbons (Fsp3) is 0.353. The van der Waals surface area contributed by atoms with E-state index >= 15 is 0 Å². The molecule has 3 rings (SSSR count). The van der Waals surface area contributed by atoms with E-state index in [1.807, 2.05) is 4.90 Å². The fourth-order valence-electron chi connectivity index (χ4n) is 2.82. The van der Waals surface area contributed by atoms with Gasteiger partial charge in [-0.2, -0.15) is 11.3 Å². The number of thiophene rings is 1. The van der Waals surface area contributed by atoms with Crippen LogP contribution in [0, 0.1) is 0 Å². The highest BCUT2D eigenvalue weighted by Gasteiger charge is 2.27. The number of nitrogens with one attached hydrogen (secondary N) is 1. The number of methoxy groups -OCH3 is 2. The molecular formula is C17H20N2O3S. The number of amides is 2. The fourth-order valence-corrected chi connectivity index (χ4v) is 3.56. The highest BCUT2D eigenvalue weighted by Crippen LogP contribution is 2.31. The highest BCUT2D eigenvalue weighted by atomic mass is 32.1. The topological polar surface area (TPSA) is 50.8 Å². The molecule has 0 spiro atoms. The lowest BCUT2D eigenvalue weighted by molar-refractivity contribution is 0.222. The summed E-state index contributed by atoms with van der Waals surface area (Å²) < 4.78 is 10.5. The minimum atomic E-state index is -0.0915. The van der Waals surface area contributed by atoms with Crippen LogP contribution < -0.4 is 14.8 Å². The Morgan fingerprint density at radius 2 is 2.17 bits per heavy atom. The Hall–Kier alpha value is -2.21. The highest BCUT2D eigenvalue weighted by molar-refractivity contribution is 7.07. The summed E-state index contributed by atoms with van der Waals surface area (Å²) in [7, 11) is 3.18. The van der Waals surface area contributed by atoms with E-state index in [-0.39, 0.29) is 6.03 Å². The number of benzene rings is 1. The monoisotopic (exact) mass is 332 g/mol. The van der Waals surface area contributed by atoms with Gasteiger partial charge in [0.25, 0.3) is 0 Å². The summed E-state index contributed by atoms with van der Waals surface area (Å²) in [5.74, 6) is 1.72. The Labute approximate surface area is 139 Å². The molecule has 1 fully saturated rings. The smallest absolute Gasteiger partial charge is 0.321 e. The Morgan fingerprint density at radius 1 is 1.30 bits per heavy atom. The normalized spacial score (nSPS) is 17.1. The largest absolute Gasteiger partial charge is 0.497 e. The SMILES string of the molecule is COc1ccc(NC(=O)N2CCC(c3ccsc3)C2)c(OC)c1. The molecule has 0 bridgehead atoms. The van der Waals surface area contributed by atoms with Gasteiger partial charge < -0.3 is 19.7 Å². The van der Waals surface area contributed by atoms with Crippen molar-refractivity contribution in [1.29, 1.82) is 0 Å². The molecule has 2 heterocycles. The van der Waals surface area contributed by atoms with Crippen LogP contribution in [0.1, 0.15) is 17.9 Å². The van der Waals surface area contributed by atoms with Crippen LogP contribution in [-0.4, -0.2) is 38.2 Å². The molecule has 0 aliphatic carbocycles. The number of likely N-dealkylation sites (tertiary alicyclic amines) is 1. The van der Waals surface area contributed by atoms with E-state index in [1.165, 1.54) is 5.56 Å². The van der Waals surface area contributed by atoms with Crippen LogP contribution in [0.25, 0.3) is 0 Å². The third kappa shape index (κ3) is 3.42. The van der Waals surface area contributed by atoms with Gasteiger partial charge in [-0.1, -0.05) is 0 Å². The van der Waals surface area contributed by atoms with Gasteiger partial charge >= 0.3 is 6.03 Å². The van der Waals surface area contributed by atoms with Gasteiger partial charge in [0.05, 0.1) is 19.9 Å². The summed E-state index contributed by atoms with van der Waals surface area (Å²) in [5.41, 5.74) is 1.98. The van der Waals surface area contributed by atoms with Gasteiger partial charge in [-0.05, 0) is 40.9 Å². The first kappa shape index (κ1) is 15.7. The lowest BCUT2D eigenvalue weighted by Crippen LogP contribution is -2.32. The Morgan fingerprint density at radius 3 is 2.87 bits per heavy atom. The van der Waals surface area contributed by atoms with E-state index in [4.69, 9.17) is 9.47 Å². The maximum absolute atomic E-state index is 12.5. The third-order valence-electron chi connectivity index (χ3n) is 4.14. The van der Waals surface area contributed by atoms with E-state index in [9.17, 15) is 4.79 Å². The van der Waals surface area contributed by atoms with Gasteiger partial charge in [0.1, 0.15) is 11.5 Å². The molecule has 23 heavy (non-hydrogen) atoms. The second-order valence-corrected chi connectivity index (χ2v) is 6.26. The summed E-state index contributed by atoms with van der Waals surface area (Å²) in [5, 5.41) is 7.18. The van der Waals surface area contributed by atoms with Crippen LogP contribution in [0.15, 0.2) is 35.0 Å². The Balaban J connectivity index is 1.66. The standard InChI is InChI=1S/C17H20N2O3S/c1-21-14-3-4-15(16(9-14)22-2)18-17(20)19-7-5-12(10-19)13-6-8-23-11-13/h3-4,6,8-9,11-12H,5,7,10H2,1-2H3,(H,18,20). The third-order valence-corrected chi connectivity index (χ3v) is 4.84. The second kappa shape index (κ2) is 6.91. The van der Waals surface area contributed by atoms with Gasteiger partial charge in [0, 0.05) is 25.1 Å². The quantitative estimate of drug-likeness (QED) is 0.927. The van der Waals surface area contributed by atoms with Gasteiger partial charge in [-0.3, -0.25) is 0 Å². The minimum Gasteiger partial charge on any atom is -0.497 e. The molecule has 1 N–H and O–H groups in total. The number of anilines is 1. The first-order chi connectivity index (χ1) is 11.2. The van der Waals surface area contributed by atoms with Gasteiger partial charge in [0.2, 0.25) is 0 Å². The van der Waals surface area contributed by atoms with Crippen LogP contribution in [0.3, 0.4) is 0 Å². The van der Waals surface area contributed by atoms with Crippen molar-refractivity contribution >= 4 is 23.1 Å². The molecule has 2 amide bonds. The molecule has 1 aliphatic heterocycles. The van der Waals surface area contributed by atoms with Crippen LogP contribution >= 0.6 is 11.3 Å². The van der Waals surface area contributed by atoms with Crippen molar-refractivity contribution in [2.24, 2.45) is 0 Å². The van der Waals surface area contributed by atoms with E-state index in [1.54, 1.807) is 43.8 Å². The molecule has 1 aliphatic rings. The van der Waals surface area contributed by atoms with Crippen molar-refractivity contribution in [3.63, 3.8) is 0 Å². The summed E-state index contributed by atoms with van der Waals surface area (Å²) in [6.07, 6.45) is 1.00. The number of carbonyl (C=O) groups is 1. The molecule has 1 unspecified atom stereocenters. The Kier molecular flexibility index (Phi) is 4.71. The second-order valence-electron chi connectivity index (χ2n) is 5.48. The number of carbonyl (C=O) groups excluding carboxylic acids is 1. The van der Waals surface area contributed by atoms with Crippen molar-refractivity contribution in [1.82, 2.24) is 4.90 Å². The van der Waals surface area contributed by atoms with Crippen LogP contribution in [0.2, 0.25) is 0 Å². The molecule has 122 valence electrons. The van der Waals surface area contributed by atoms with E-state index in [2.05, 4.69) is 22.1 Å². The van der Waals surface area contributed by atoms with Crippen LogP contribution in [0.5, 0.6) is 11.5 Å². The number of hydrogen-bond donors (Lipinski definition) is 1. The number of ether oxygens (including phenoxy) is 2. The summed E-state index contributed by atoms with van der Waals surface area (Å²) in [6, 6.07) is 7.40. The molecule has 2 aromatic rings. The molecule has 0 radical (unpaired) electrons. The van der Waals surface area contributed by atoms with Crippen molar-refractivity contribution < 1.29 is 14.3 Å². The molecule has 6 heteroatoms. The Bertz CT molecular complexity index is 672. The van der Waals surface area contributed by atoms with Crippen LogP contribution in [0.4, 0.5) is 10.5 Å². The van der Waals surface area contributed by atoms with E-state index in [0.717, 1.165) is 19.5 Å².